The molecule has 0 atom stereocenters. The predicted octanol–water partition coefficient (Wildman–Crippen LogP) is 2.65. The molecule has 0 aliphatic carbocycles. The molecule has 0 amide bonds. The Kier molecular flexibility index (Phi) is 4.70. The molecular formula is C13H19N3O3S2. The Hall–Kier alpha value is -1.38. The summed E-state index contributed by atoms with van der Waals surface area (Å²) >= 11 is 1.25. The van der Waals surface area contributed by atoms with E-state index in [1.807, 2.05) is 20.8 Å². The number of aromatic nitrogens is 1. The molecule has 6 nitrogen and oxygen atoms in total. The largest absolute Gasteiger partial charge is 0.464 e. The molecule has 2 aromatic heterocycles. The third kappa shape index (κ3) is 4.05. The maximum Gasteiger partial charge on any atom is 0.267 e. The van der Waals surface area contributed by atoms with E-state index in [1.165, 1.54) is 11.3 Å². The number of nitrogens with zero attached hydrogens (tertiary/aromatic N) is 1. The number of nitrogens with one attached hydrogen (secondary N) is 2. The fraction of sp³-hybridized carbons (Fsp3) is 0.462. The van der Waals surface area contributed by atoms with Gasteiger partial charge in [-0.05, 0) is 13.8 Å². The first-order valence-corrected chi connectivity index (χ1v) is 8.92. The normalized spacial score (nSPS) is 12.0. The van der Waals surface area contributed by atoms with E-state index in [-0.39, 0.29) is 4.90 Å². The number of anilines is 1. The molecule has 0 spiro atoms. The van der Waals surface area contributed by atoms with Gasteiger partial charge < -0.3 is 9.73 Å². The maximum atomic E-state index is 12.4. The zero-order valence-corrected chi connectivity index (χ0v) is 14.1. The summed E-state index contributed by atoms with van der Waals surface area (Å²) < 4.78 is 32.7. The van der Waals surface area contributed by atoms with Crippen molar-refractivity contribution in [2.24, 2.45) is 0 Å². The van der Waals surface area contributed by atoms with Gasteiger partial charge in [0.25, 0.3) is 10.0 Å². The van der Waals surface area contributed by atoms with Crippen LogP contribution < -0.4 is 10.0 Å². The van der Waals surface area contributed by atoms with E-state index in [1.54, 1.807) is 18.4 Å². The third-order valence-corrected chi connectivity index (χ3v) is 5.19. The van der Waals surface area contributed by atoms with Crippen LogP contribution in [-0.2, 0) is 16.6 Å². The molecule has 0 aliphatic rings. The van der Waals surface area contributed by atoms with E-state index >= 15 is 0 Å². The second-order valence-electron chi connectivity index (χ2n) is 5.07. The number of aryl methyl sites for hydroxylation is 2. The Morgan fingerprint density at radius 3 is 2.67 bits per heavy atom. The molecule has 0 bridgehead atoms. The van der Waals surface area contributed by atoms with E-state index < -0.39 is 10.0 Å². The highest BCUT2D eigenvalue weighted by atomic mass is 32.2. The highest BCUT2D eigenvalue weighted by molar-refractivity contribution is 7.93. The molecule has 2 N–H and O–H groups in total. The van der Waals surface area contributed by atoms with Crippen molar-refractivity contribution in [1.82, 2.24) is 10.3 Å². The Balaban J connectivity index is 2.19. The van der Waals surface area contributed by atoms with Crippen LogP contribution >= 0.6 is 11.3 Å². The predicted molar refractivity (Wildman–Crippen MR) is 83.1 cm³/mol. The van der Waals surface area contributed by atoms with Crippen LogP contribution in [0.4, 0.5) is 5.13 Å². The molecule has 21 heavy (non-hydrogen) atoms. The average Bonchev–Trinajstić information content (AvgIpc) is 2.93. The number of rotatable bonds is 6. The summed E-state index contributed by atoms with van der Waals surface area (Å²) in [4.78, 5) is 4.25. The molecule has 0 saturated heterocycles. The number of furan rings is 1. The number of thiazole rings is 1. The lowest BCUT2D eigenvalue weighted by atomic mass is 10.3. The Morgan fingerprint density at radius 2 is 2.10 bits per heavy atom. The van der Waals surface area contributed by atoms with Crippen molar-refractivity contribution in [3.8, 4) is 0 Å². The molecule has 0 saturated carbocycles. The van der Waals surface area contributed by atoms with Gasteiger partial charge in [-0.1, -0.05) is 13.8 Å². The summed E-state index contributed by atoms with van der Waals surface area (Å²) in [6.45, 7) is 7.97. The lowest BCUT2D eigenvalue weighted by Gasteiger charge is -2.04. The average molecular weight is 329 g/mol. The van der Waals surface area contributed by atoms with Crippen LogP contribution in [0.2, 0.25) is 0 Å². The van der Waals surface area contributed by atoms with Crippen molar-refractivity contribution in [1.29, 1.82) is 0 Å². The molecule has 8 heteroatoms. The first kappa shape index (κ1) is 16.0. The quantitative estimate of drug-likeness (QED) is 0.851. The van der Waals surface area contributed by atoms with Crippen molar-refractivity contribution in [3.63, 3.8) is 0 Å². The molecule has 0 fully saturated rings. The number of hydrogen-bond donors (Lipinski definition) is 2. The fourth-order valence-electron chi connectivity index (χ4n) is 1.75. The van der Waals surface area contributed by atoms with Crippen molar-refractivity contribution < 1.29 is 12.8 Å². The van der Waals surface area contributed by atoms with Gasteiger partial charge in [0, 0.05) is 17.5 Å². The highest BCUT2D eigenvalue weighted by Crippen LogP contribution is 2.24. The summed E-state index contributed by atoms with van der Waals surface area (Å²) in [5, 5.41) is 5.33. The van der Waals surface area contributed by atoms with E-state index in [9.17, 15) is 8.42 Å². The summed E-state index contributed by atoms with van der Waals surface area (Å²) in [7, 11) is -3.67. The molecule has 2 rings (SSSR count). The van der Waals surface area contributed by atoms with Gasteiger partial charge in [0.15, 0.2) is 5.13 Å². The first-order chi connectivity index (χ1) is 9.78. The molecule has 2 aromatic rings. The minimum Gasteiger partial charge on any atom is -0.464 e. The zero-order valence-electron chi connectivity index (χ0n) is 12.4. The summed E-state index contributed by atoms with van der Waals surface area (Å²) in [6.07, 6.45) is 0. The molecule has 116 valence electrons. The van der Waals surface area contributed by atoms with Gasteiger partial charge in [0.1, 0.15) is 16.4 Å². The third-order valence-electron chi connectivity index (χ3n) is 2.74. The van der Waals surface area contributed by atoms with Crippen molar-refractivity contribution in [2.45, 2.75) is 45.2 Å². The number of hydrogen-bond acceptors (Lipinski definition) is 6. The van der Waals surface area contributed by atoms with Crippen LogP contribution in [0.15, 0.2) is 20.8 Å². The highest BCUT2D eigenvalue weighted by Gasteiger charge is 2.22. The van der Waals surface area contributed by atoms with E-state index in [2.05, 4.69) is 15.0 Å². The van der Waals surface area contributed by atoms with Gasteiger partial charge in [-0.2, -0.15) is 0 Å². The first-order valence-electron chi connectivity index (χ1n) is 6.55. The topological polar surface area (TPSA) is 84.2 Å². The zero-order chi connectivity index (χ0) is 15.6. The monoisotopic (exact) mass is 329 g/mol. The van der Waals surface area contributed by atoms with Gasteiger partial charge in [-0.3, -0.25) is 4.72 Å². The van der Waals surface area contributed by atoms with Crippen LogP contribution in [0.1, 0.15) is 31.1 Å². The maximum absolute atomic E-state index is 12.4. The Bertz CT molecular complexity index is 717. The van der Waals surface area contributed by atoms with Crippen molar-refractivity contribution in [3.05, 3.63) is 28.7 Å². The van der Waals surface area contributed by atoms with Crippen LogP contribution in [0.5, 0.6) is 0 Å². The standard InChI is InChI=1S/C13H19N3O3S2/c1-8(2)14-6-11-5-12(10(4)19-11)21(17,18)16-13-15-9(3)7-20-13/h5,7-8,14H,6H2,1-4H3,(H,15,16). The minimum absolute atomic E-state index is 0.149. The molecular weight excluding hydrogens is 310 g/mol. The molecule has 0 aliphatic heterocycles. The second kappa shape index (κ2) is 6.17. The van der Waals surface area contributed by atoms with Crippen LogP contribution in [0.3, 0.4) is 0 Å². The van der Waals surface area contributed by atoms with Gasteiger partial charge in [-0.25, -0.2) is 13.4 Å². The van der Waals surface area contributed by atoms with Gasteiger partial charge in [-0.15, -0.1) is 11.3 Å². The Labute approximate surface area is 128 Å². The van der Waals surface area contributed by atoms with Crippen molar-refractivity contribution in [2.75, 3.05) is 4.72 Å². The smallest absolute Gasteiger partial charge is 0.267 e. The molecule has 2 heterocycles. The van der Waals surface area contributed by atoms with E-state index in [0.717, 1.165) is 5.69 Å². The van der Waals surface area contributed by atoms with E-state index in [0.29, 0.717) is 29.2 Å². The minimum atomic E-state index is -3.67. The van der Waals surface area contributed by atoms with E-state index in [4.69, 9.17) is 4.42 Å². The molecule has 0 aromatic carbocycles. The summed E-state index contributed by atoms with van der Waals surface area (Å²) in [5.74, 6) is 0.966. The van der Waals surface area contributed by atoms with Crippen LogP contribution in [-0.4, -0.2) is 19.4 Å². The van der Waals surface area contributed by atoms with Crippen LogP contribution in [0.25, 0.3) is 0 Å². The summed E-state index contributed by atoms with van der Waals surface area (Å²) in [5.41, 5.74) is 0.781. The Morgan fingerprint density at radius 1 is 1.38 bits per heavy atom. The molecule has 0 radical (unpaired) electrons. The lowest BCUT2D eigenvalue weighted by Crippen LogP contribution is -2.21. The summed E-state index contributed by atoms with van der Waals surface area (Å²) in [6, 6.07) is 1.85. The van der Waals surface area contributed by atoms with Crippen LogP contribution in [0, 0.1) is 13.8 Å². The van der Waals surface area contributed by atoms with Gasteiger partial charge in [0.05, 0.1) is 12.2 Å². The SMILES string of the molecule is Cc1csc(NS(=O)(=O)c2cc(CNC(C)C)oc2C)n1. The lowest BCUT2D eigenvalue weighted by molar-refractivity contribution is 0.444. The number of sulfonamides is 1. The van der Waals surface area contributed by atoms with Crippen molar-refractivity contribution >= 4 is 26.5 Å². The fourth-order valence-corrected chi connectivity index (χ4v) is 3.90. The second-order valence-corrected chi connectivity index (χ2v) is 7.58. The van der Waals surface area contributed by atoms with Gasteiger partial charge >= 0.3 is 0 Å². The van der Waals surface area contributed by atoms with Gasteiger partial charge in [0.2, 0.25) is 0 Å². The molecule has 0 unspecified atom stereocenters.